The fourth-order valence-corrected chi connectivity index (χ4v) is 3.26. The number of hydrogen-bond donors (Lipinski definition) is 1. The number of rotatable bonds is 6. The van der Waals surface area contributed by atoms with Gasteiger partial charge in [0.15, 0.2) is 11.6 Å². The number of amides is 2. The van der Waals surface area contributed by atoms with E-state index in [1.807, 2.05) is 0 Å². The van der Waals surface area contributed by atoms with E-state index in [0.29, 0.717) is 17.9 Å². The monoisotopic (exact) mass is 386 g/mol. The number of anilines is 1. The molecule has 7 heteroatoms. The number of carbonyl (C=O) groups is 2. The highest BCUT2D eigenvalue weighted by molar-refractivity contribution is 6.00. The fraction of sp³-hybridized carbons (Fsp3) is 0.333. The number of nitrogens with zero attached hydrogens (tertiary/aromatic N) is 1. The van der Waals surface area contributed by atoms with E-state index >= 15 is 0 Å². The molecule has 3 rings (SSSR count). The summed E-state index contributed by atoms with van der Waals surface area (Å²) in [6.45, 7) is 2.08. The van der Waals surface area contributed by atoms with Crippen LogP contribution in [-0.4, -0.2) is 32.6 Å². The van der Waals surface area contributed by atoms with E-state index in [4.69, 9.17) is 9.47 Å². The Hall–Kier alpha value is -3.09. The summed E-state index contributed by atoms with van der Waals surface area (Å²) < 4.78 is 23.9. The van der Waals surface area contributed by atoms with Crippen LogP contribution in [0.1, 0.15) is 24.9 Å². The van der Waals surface area contributed by atoms with Crippen molar-refractivity contribution < 1.29 is 23.5 Å². The molecule has 1 aliphatic heterocycles. The highest BCUT2D eigenvalue weighted by Gasteiger charge is 2.35. The Kier molecular flexibility index (Phi) is 5.82. The van der Waals surface area contributed by atoms with E-state index in [-0.39, 0.29) is 24.0 Å². The first-order valence-corrected chi connectivity index (χ1v) is 9.01. The van der Waals surface area contributed by atoms with Crippen molar-refractivity contribution in [3.05, 3.63) is 53.8 Å². The molecule has 1 aliphatic rings. The van der Waals surface area contributed by atoms with Gasteiger partial charge in [-0.25, -0.2) is 4.39 Å². The predicted molar refractivity (Wildman–Crippen MR) is 103 cm³/mol. The molecule has 148 valence electrons. The molecule has 0 aromatic heterocycles. The molecule has 0 spiro atoms. The summed E-state index contributed by atoms with van der Waals surface area (Å²) in [4.78, 5) is 26.6. The quantitative estimate of drug-likeness (QED) is 0.829. The second-order valence-electron chi connectivity index (χ2n) is 6.73. The van der Waals surface area contributed by atoms with Crippen molar-refractivity contribution in [2.24, 2.45) is 5.92 Å². The van der Waals surface area contributed by atoms with Crippen molar-refractivity contribution in [1.29, 1.82) is 0 Å². The third kappa shape index (κ3) is 4.08. The van der Waals surface area contributed by atoms with E-state index in [1.165, 1.54) is 19.2 Å². The molecule has 0 radical (unpaired) electrons. The number of halogens is 1. The van der Waals surface area contributed by atoms with Crippen LogP contribution in [0.2, 0.25) is 0 Å². The molecule has 0 aliphatic carbocycles. The van der Waals surface area contributed by atoms with Gasteiger partial charge in [0.05, 0.1) is 26.2 Å². The van der Waals surface area contributed by atoms with E-state index in [1.54, 1.807) is 49.3 Å². The van der Waals surface area contributed by atoms with Gasteiger partial charge in [-0.05, 0) is 48.9 Å². The minimum atomic E-state index is -0.483. The van der Waals surface area contributed by atoms with Crippen molar-refractivity contribution in [3.8, 4) is 11.5 Å². The van der Waals surface area contributed by atoms with Gasteiger partial charge in [-0.2, -0.15) is 0 Å². The van der Waals surface area contributed by atoms with Gasteiger partial charge in [-0.15, -0.1) is 0 Å². The predicted octanol–water partition coefficient (Wildman–Crippen LogP) is 3.07. The molecule has 2 unspecified atom stereocenters. The Bertz CT molecular complexity index is 869. The zero-order chi connectivity index (χ0) is 20.3. The first-order valence-electron chi connectivity index (χ1n) is 9.01. The SMILES string of the molecule is COc1ccc(N2CC(C(=O)NC(C)c3ccc(OC)c(F)c3)CC2=O)cc1. The van der Waals surface area contributed by atoms with Gasteiger partial charge in [-0.1, -0.05) is 6.07 Å². The first-order chi connectivity index (χ1) is 13.4. The number of benzene rings is 2. The number of methoxy groups -OCH3 is 2. The standard InChI is InChI=1S/C21H23FN2O4/c1-13(14-4-9-19(28-3)18(22)10-14)23-21(26)15-11-20(25)24(12-15)16-5-7-17(27-2)8-6-16/h4-10,13,15H,11-12H2,1-3H3,(H,23,26). The molecule has 2 aromatic rings. The van der Waals surface area contributed by atoms with Crippen molar-refractivity contribution in [3.63, 3.8) is 0 Å². The zero-order valence-electron chi connectivity index (χ0n) is 16.1. The second kappa shape index (κ2) is 8.29. The number of hydrogen-bond acceptors (Lipinski definition) is 4. The number of nitrogens with one attached hydrogen (secondary N) is 1. The Balaban J connectivity index is 1.64. The maximum atomic E-state index is 13.9. The minimum Gasteiger partial charge on any atom is -0.497 e. The molecule has 1 N–H and O–H groups in total. The molecular formula is C21H23FN2O4. The largest absolute Gasteiger partial charge is 0.497 e. The van der Waals surface area contributed by atoms with Crippen LogP contribution in [0.25, 0.3) is 0 Å². The lowest BCUT2D eigenvalue weighted by molar-refractivity contribution is -0.126. The van der Waals surface area contributed by atoms with Crippen LogP contribution in [-0.2, 0) is 9.59 Å². The lowest BCUT2D eigenvalue weighted by Crippen LogP contribution is -2.34. The molecule has 0 saturated carbocycles. The maximum absolute atomic E-state index is 13.9. The van der Waals surface area contributed by atoms with Crippen LogP contribution in [0.4, 0.5) is 10.1 Å². The third-order valence-electron chi connectivity index (χ3n) is 4.91. The Morgan fingerprint density at radius 3 is 2.50 bits per heavy atom. The van der Waals surface area contributed by atoms with Gasteiger partial charge in [0.25, 0.3) is 0 Å². The maximum Gasteiger partial charge on any atom is 0.227 e. The summed E-state index contributed by atoms with van der Waals surface area (Å²) in [5.74, 6) is -0.423. The average molecular weight is 386 g/mol. The van der Waals surface area contributed by atoms with Gasteiger partial charge in [-0.3, -0.25) is 9.59 Å². The first kappa shape index (κ1) is 19.7. The minimum absolute atomic E-state index is 0.103. The van der Waals surface area contributed by atoms with Crippen LogP contribution in [0.15, 0.2) is 42.5 Å². The van der Waals surface area contributed by atoms with Gasteiger partial charge in [0.2, 0.25) is 11.8 Å². The molecule has 1 heterocycles. The molecule has 1 saturated heterocycles. The highest BCUT2D eigenvalue weighted by Crippen LogP contribution is 2.28. The molecule has 2 amide bonds. The van der Waals surface area contributed by atoms with Gasteiger partial charge < -0.3 is 19.7 Å². The van der Waals surface area contributed by atoms with Crippen molar-refractivity contribution in [1.82, 2.24) is 5.32 Å². The molecule has 2 atom stereocenters. The molecule has 2 aromatic carbocycles. The zero-order valence-corrected chi connectivity index (χ0v) is 16.1. The fourth-order valence-electron chi connectivity index (χ4n) is 3.26. The smallest absolute Gasteiger partial charge is 0.227 e. The highest BCUT2D eigenvalue weighted by atomic mass is 19.1. The van der Waals surface area contributed by atoms with Crippen LogP contribution >= 0.6 is 0 Å². The summed E-state index contributed by atoms with van der Waals surface area (Å²) in [5, 5.41) is 2.87. The number of ether oxygens (including phenoxy) is 2. The van der Waals surface area contributed by atoms with Gasteiger partial charge >= 0.3 is 0 Å². The van der Waals surface area contributed by atoms with Gasteiger partial charge in [0.1, 0.15) is 5.75 Å². The average Bonchev–Trinajstić information content (AvgIpc) is 3.09. The molecule has 0 bridgehead atoms. The summed E-state index contributed by atoms with van der Waals surface area (Å²) in [7, 11) is 2.97. The van der Waals surface area contributed by atoms with Gasteiger partial charge in [0, 0.05) is 18.7 Å². The van der Waals surface area contributed by atoms with E-state index in [9.17, 15) is 14.0 Å². The summed E-state index contributed by atoms with van der Waals surface area (Å²) in [6.07, 6.45) is 0.140. The molecular weight excluding hydrogens is 363 g/mol. The summed E-state index contributed by atoms with van der Waals surface area (Å²) in [5.41, 5.74) is 1.36. The van der Waals surface area contributed by atoms with Crippen molar-refractivity contribution >= 4 is 17.5 Å². The second-order valence-corrected chi connectivity index (χ2v) is 6.73. The molecule has 28 heavy (non-hydrogen) atoms. The Morgan fingerprint density at radius 1 is 1.18 bits per heavy atom. The topological polar surface area (TPSA) is 67.9 Å². The van der Waals surface area contributed by atoms with Crippen molar-refractivity contribution in [2.75, 3.05) is 25.7 Å². The molecule has 6 nitrogen and oxygen atoms in total. The summed E-state index contributed by atoms with van der Waals surface area (Å²) in [6, 6.07) is 11.3. The van der Waals surface area contributed by atoms with Crippen LogP contribution in [0.3, 0.4) is 0 Å². The van der Waals surface area contributed by atoms with E-state index in [2.05, 4.69) is 5.32 Å². The lowest BCUT2D eigenvalue weighted by atomic mass is 10.0. The summed E-state index contributed by atoms with van der Waals surface area (Å²) >= 11 is 0. The van der Waals surface area contributed by atoms with E-state index < -0.39 is 17.8 Å². The normalized spacial score (nSPS) is 17.4. The lowest BCUT2D eigenvalue weighted by Gasteiger charge is -2.19. The third-order valence-corrected chi connectivity index (χ3v) is 4.91. The van der Waals surface area contributed by atoms with Crippen molar-refractivity contribution in [2.45, 2.75) is 19.4 Å². The number of carbonyl (C=O) groups excluding carboxylic acids is 2. The molecule has 1 fully saturated rings. The van der Waals surface area contributed by atoms with E-state index in [0.717, 1.165) is 5.69 Å². The van der Waals surface area contributed by atoms with Crippen LogP contribution in [0, 0.1) is 11.7 Å². The van der Waals surface area contributed by atoms with Crippen LogP contribution in [0.5, 0.6) is 11.5 Å². The van der Waals surface area contributed by atoms with Crippen LogP contribution < -0.4 is 19.7 Å². The Labute approximate surface area is 163 Å². The Morgan fingerprint density at radius 2 is 1.89 bits per heavy atom.